The minimum absolute atomic E-state index is 0.0168. The topological polar surface area (TPSA) is 110 Å². The number of nitriles is 1. The zero-order valence-corrected chi connectivity index (χ0v) is 10.9. The van der Waals surface area contributed by atoms with E-state index in [9.17, 15) is 19.7 Å². The molecule has 0 unspecified atom stereocenters. The van der Waals surface area contributed by atoms with E-state index in [1.54, 1.807) is 0 Å². The molecule has 0 saturated heterocycles. The van der Waals surface area contributed by atoms with Crippen LogP contribution in [0.2, 0.25) is 0 Å². The van der Waals surface area contributed by atoms with Crippen molar-refractivity contribution in [3.8, 4) is 6.26 Å². The van der Waals surface area contributed by atoms with Crippen LogP contribution in [0, 0.1) is 21.6 Å². The largest absolute Gasteiger partial charge is 0.392 e. The summed E-state index contributed by atoms with van der Waals surface area (Å²) in [5, 5.41) is 19.5. The van der Waals surface area contributed by atoms with E-state index < -0.39 is 16.5 Å². The number of hydrogen-bond donors (Lipinski definition) is 0. The van der Waals surface area contributed by atoms with Gasteiger partial charge in [-0.3, -0.25) is 19.7 Å². The fraction of sp³-hybridized carbons (Fsp3) is 0.214. The maximum absolute atomic E-state index is 12.4. The molecule has 106 valence electrons. The van der Waals surface area contributed by atoms with Crippen molar-refractivity contribution < 1.29 is 19.2 Å². The Hall–Kier alpha value is -3.01. The molecule has 0 aliphatic heterocycles. The SMILES string of the molecule is N#COC1=C(C(=O)c2ccccc2[N+](=O)[O-])C(=O)CCC1. The molecular weight excluding hydrogens is 276 g/mol. The highest BCUT2D eigenvalue weighted by molar-refractivity contribution is 6.28. The van der Waals surface area contributed by atoms with Gasteiger partial charge in [-0.2, -0.15) is 0 Å². The van der Waals surface area contributed by atoms with Crippen LogP contribution in [0.1, 0.15) is 29.6 Å². The molecule has 7 heteroatoms. The molecule has 2 rings (SSSR count). The van der Waals surface area contributed by atoms with E-state index in [0.29, 0.717) is 6.42 Å². The van der Waals surface area contributed by atoms with Gasteiger partial charge in [0.05, 0.1) is 4.92 Å². The van der Waals surface area contributed by atoms with Crippen LogP contribution in [-0.4, -0.2) is 16.5 Å². The van der Waals surface area contributed by atoms with Gasteiger partial charge in [-0.25, -0.2) is 0 Å². The summed E-state index contributed by atoms with van der Waals surface area (Å²) in [4.78, 5) is 34.7. The summed E-state index contributed by atoms with van der Waals surface area (Å²) < 4.78 is 4.68. The summed E-state index contributed by atoms with van der Waals surface area (Å²) in [7, 11) is 0. The second-order valence-corrected chi connectivity index (χ2v) is 4.37. The van der Waals surface area contributed by atoms with Gasteiger partial charge in [-0.1, -0.05) is 12.1 Å². The third-order valence-corrected chi connectivity index (χ3v) is 3.11. The van der Waals surface area contributed by atoms with Crippen molar-refractivity contribution in [2.45, 2.75) is 19.3 Å². The highest BCUT2D eigenvalue weighted by Crippen LogP contribution is 2.28. The first-order chi connectivity index (χ1) is 10.1. The molecule has 7 nitrogen and oxygen atoms in total. The Balaban J connectivity index is 2.54. The Morgan fingerprint density at radius 1 is 1.33 bits per heavy atom. The molecule has 1 aromatic rings. The Kier molecular flexibility index (Phi) is 4.09. The van der Waals surface area contributed by atoms with Gasteiger partial charge in [-0.05, 0) is 12.5 Å². The third-order valence-electron chi connectivity index (χ3n) is 3.11. The standard InChI is InChI=1S/C14H10N2O5/c15-8-21-12-7-3-6-11(17)13(12)14(18)9-4-1-2-5-10(9)16(19)20/h1-2,4-5H,3,6-7H2. The summed E-state index contributed by atoms with van der Waals surface area (Å²) in [6.07, 6.45) is 2.34. The fourth-order valence-corrected chi connectivity index (χ4v) is 2.18. The number of ether oxygens (including phenoxy) is 1. The maximum Gasteiger partial charge on any atom is 0.291 e. The van der Waals surface area contributed by atoms with Gasteiger partial charge in [-0.15, -0.1) is 5.26 Å². The van der Waals surface area contributed by atoms with Gasteiger partial charge in [0.1, 0.15) is 16.9 Å². The van der Waals surface area contributed by atoms with Crippen LogP contribution in [0.5, 0.6) is 0 Å². The van der Waals surface area contributed by atoms with E-state index in [1.165, 1.54) is 30.5 Å². The number of benzene rings is 1. The van der Waals surface area contributed by atoms with Gasteiger partial charge >= 0.3 is 0 Å². The van der Waals surface area contributed by atoms with Crippen LogP contribution in [-0.2, 0) is 9.53 Å². The minimum atomic E-state index is -0.780. The average molecular weight is 286 g/mol. The van der Waals surface area contributed by atoms with Crippen LogP contribution in [0.25, 0.3) is 0 Å². The number of carbonyl (C=O) groups is 2. The number of rotatable bonds is 4. The Morgan fingerprint density at radius 2 is 2.05 bits per heavy atom. The number of carbonyl (C=O) groups excluding carboxylic acids is 2. The van der Waals surface area contributed by atoms with Gasteiger partial charge in [0.2, 0.25) is 5.78 Å². The molecule has 1 aliphatic carbocycles. The van der Waals surface area contributed by atoms with Crippen molar-refractivity contribution in [2.24, 2.45) is 0 Å². The highest BCUT2D eigenvalue weighted by Gasteiger charge is 2.32. The lowest BCUT2D eigenvalue weighted by Crippen LogP contribution is -2.21. The van der Waals surface area contributed by atoms with Crippen molar-refractivity contribution in [1.29, 1.82) is 5.26 Å². The zero-order valence-electron chi connectivity index (χ0n) is 10.9. The van der Waals surface area contributed by atoms with E-state index in [1.807, 2.05) is 0 Å². The maximum atomic E-state index is 12.4. The Bertz CT molecular complexity index is 700. The Labute approximate surface area is 119 Å². The molecule has 0 radical (unpaired) electrons. The second kappa shape index (κ2) is 5.96. The first kappa shape index (κ1) is 14.4. The minimum Gasteiger partial charge on any atom is -0.392 e. The molecule has 0 bridgehead atoms. The van der Waals surface area contributed by atoms with Gasteiger partial charge in [0.15, 0.2) is 5.78 Å². The molecule has 21 heavy (non-hydrogen) atoms. The zero-order chi connectivity index (χ0) is 15.4. The number of Topliss-reactive ketones (excluding diaryl/α,β-unsaturated/α-hetero) is 2. The van der Waals surface area contributed by atoms with E-state index in [0.717, 1.165) is 0 Å². The number of nitro groups is 1. The normalized spacial score (nSPS) is 14.5. The summed E-state index contributed by atoms with van der Waals surface area (Å²) in [5.74, 6) is -1.26. The quantitative estimate of drug-likeness (QED) is 0.276. The predicted molar refractivity (Wildman–Crippen MR) is 70.0 cm³/mol. The summed E-state index contributed by atoms with van der Waals surface area (Å²) in [6, 6.07) is 5.36. The van der Waals surface area contributed by atoms with Crippen molar-refractivity contribution in [3.63, 3.8) is 0 Å². The van der Waals surface area contributed by atoms with Crippen LogP contribution < -0.4 is 0 Å². The van der Waals surface area contributed by atoms with Gasteiger partial charge in [0, 0.05) is 18.9 Å². The molecule has 0 saturated carbocycles. The Morgan fingerprint density at radius 3 is 2.71 bits per heavy atom. The number of allylic oxidation sites excluding steroid dienone is 2. The summed E-state index contributed by atoms with van der Waals surface area (Å²) in [6.45, 7) is 0. The van der Waals surface area contributed by atoms with Crippen molar-refractivity contribution in [2.75, 3.05) is 0 Å². The van der Waals surface area contributed by atoms with Gasteiger partial charge < -0.3 is 4.74 Å². The smallest absolute Gasteiger partial charge is 0.291 e. The predicted octanol–water partition coefficient (Wildman–Crippen LogP) is 2.28. The molecule has 0 N–H and O–H groups in total. The van der Waals surface area contributed by atoms with Crippen molar-refractivity contribution in [3.05, 3.63) is 51.3 Å². The molecule has 0 atom stereocenters. The molecule has 0 aromatic heterocycles. The fourth-order valence-electron chi connectivity index (χ4n) is 2.18. The van der Waals surface area contributed by atoms with Crippen LogP contribution in [0.4, 0.5) is 5.69 Å². The van der Waals surface area contributed by atoms with Crippen molar-refractivity contribution in [1.82, 2.24) is 0 Å². The highest BCUT2D eigenvalue weighted by atomic mass is 16.6. The molecule has 0 fully saturated rings. The van der Waals surface area contributed by atoms with Crippen molar-refractivity contribution >= 4 is 17.3 Å². The number of nitro benzene ring substituents is 1. The average Bonchev–Trinajstić information content (AvgIpc) is 2.47. The van der Waals surface area contributed by atoms with Gasteiger partial charge in [0.25, 0.3) is 11.9 Å². The third kappa shape index (κ3) is 2.79. The first-order valence-electron chi connectivity index (χ1n) is 6.16. The number of nitrogens with zero attached hydrogens (tertiary/aromatic N) is 2. The van der Waals surface area contributed by atoms with E-state index in [4.69, 9.17) is 5.26 Å². The summed E-state index contributed by atoms with van der Waals surface area (Å²) in [5.41, 5.74) is -0.839. The van der Waals surface area contributed by atoms with Crippen LogP contribution in [0.3, 0.4) is 0 Å². The van der Waals surface area contributed by atoms with E-state index in [2.05, 4.69) is 4.74 Å². The molecule has 0 spiro atoms. The second-order valence-electron chi connectivity index (χ2n) is 4.37. The number of hydrogen-bond acceptors (Lipinski definition) is 6. The molecule has 0 amide bonds. The first-order valence-corrected chi connectivity index (χ1v) is 6.16. The number of para-hydroxylation sites is 1. The molecular formula is C14H10N2O5. The summed E-state index contributed by atoms with van der Waals surface area (Å²) >= 11 is 0. The van der Waals surface area contributed by atoms with Crippen LogP contribution >= 0.6 is 0 Å². The number of ketones is 2. The molecule has 0 heterocycles. The lowest BCUT2D eigenvalue weighted by atomic mass is 9.90. The molecule has 1 aromatic carbocycles. The lowest BCUT2D eigenvalue weighted by molar-refractivity contribution is -0.385. The van der Waals surface area contributed by atoms with E-state index in [-0.39, 0.29) is 35.4 Å². The molecule has 1 aliphatic rings. The monoisotopic (exact) mass is 286 g/mol. The lowest BCUT2D eigenvalue weighted by Gasteiger charge is -2.15. The van der Waals surface area contributed by atoms with Crippen LogP contribution in [0.15, 0.2) is 35.6 Å². The van der Waals surface area contributed by atoms with E-state index >= 15 is 0 Å².